The maximum atomic E-state index is 13.8. The summed E-state index contributed by atoms with van der Waals surface area (Å²) in [6, 6.07) is 4.56. The summed E-state index contributed by atoms with van der Waals surface area (Å²) in [6.45, 7) is 3.91. The molecule has 0 saturated carbocycles. The topological polar surface area (TPSA) is 89.6 Å². The molecule has 2 heterocycles. The summed E-state index contributed by atoms with van der Waals surface area (Å²) in [5.41, 5.74) is -2.57. The van der Waals surface area contributed by atoms with Gasteiger partial charge in [0.15, 0.2) is 11.5 Å². The summed E-state index contributed by atoms with van der Waals surface area (Å²) >= 11 is 0. The van der Waals surface area contributed by atoms with Crippen LogP contribution in [-0.4, -0.2) is 79.9 Å². The van der Waals surface area contributed by atoms with Crippen molar-refractivity contribution in [1.29, 1.82) is 0 Å². The molecule has 2 amide bonds. The molecule has 0 radical (unpaired) electrons. The number of carbonyl (C=O) groups is 2. The van der Waals surface area contributed by atoms with Gasteiger partial charge < -0.3 is 23.8 Å². The molecule has 32 heavy (non-hydrogen) atoms. The van der Waals surface area contributed by atoms with Crippen molar-refractivity contribution in [2.45, 2.75) is 32.3 Å². The highest BCUT2D eigenvalue weighted by Gasteiger charge is 2.65. The van der Waals surface area contributed by atoms with Crippen LogP contribution in [-0.2, 0) is 20.8 Å². The zero-order chi connectivity index (χ0) is 23.4. The van der Waals surface area contributed by atoms with Crippen LogP contribution in [0.4, 0.5) is 18.0 Å². The van der Waals surface area contributed by atoms with Crippen LogP contribution in [0.5, 0.6) is 11.5 Å². The third-order valence-electron chi connectivity index (χ3n) is 5.11. The van der Waals surface area contributed by atoms with Crippen molar-refractivity contribution >= 4 is 12.0 Å². The number of nitrogens with zero attached hydrogens (tertiary/aromatic N) is 2. The van der Waals surface area contributed by atoms with Crippen molar-refractivity contribution in [3.63, 3.8) is 0 Å². The number of amides is 2. The third-order valence-corrected chi connectivity index (χ3v) is 5.11. The van der Waals surface area contributed by atoms with E-state index in [0.29, 0.717) is 31.1 Å². The minimum absolute atomic E-state index is 0.180. The van der Waals surface area contributed by atoms with Crippen LogP contribution in [0.3, 0.4) is 0 Å². The van der Waals surface area contributed by atoms with Crippen LogP contribution < -0.4 is 14.8 Å². The predicted octanol–water partition coefficient (Wildman–Crippen LogP) is 2.10. The predicted molar refractivity (Wildman–Crippen MR) is 105 cm³/mol. The summed E-state index contributed by atoms with van der Waals surface area (Å²) < 4.78 is 61.2. The van der Waals surface area contributed by atoms with Crippen molar-refractivity contribution in [2.75, 3.05) is 46.2 Å². The standard InChI is InChI=1S/C20H26F3N3O6/c1-3-29-17(27)19(32-4-2,20(21,22)23)24-18(28)26-9-7-25(8-10-26)12-14-5-6-15-16(11-14)31-13-30-15/h5-6,11H,3-4,7-10,12-13H2,1-2H3,(H,24,28)/t19-/m1/s1. The van der Waals surface area contributed by atoms with Crippen LogP contribution in [0.1, 0.15) is 19.4 Å². The van der Waals surface area contributed by atoms with Crippen LogP contribution in [0.15, 0.2) is 18.2 Å². The number of hydrogen-bond donors (Lipinski definition) is 1. The summed E-state index contributed by atoms with van der Waals surface area (Å²) in [5.74, 6) is -0.359. The number of nitrogens with one attached hydrogen (secondary N) is 1. The van der Waals surface area contributed by atoms with E-state index in [1.165, 1.54) is 18.7 Å². The number of carbonyl (C=O) groups excluding carboxylic acids is 2. The van der Waals surface area contributed by atoms with Gasteiger partial charge in [-0.3, -0.25) is 10.2 Å². The maximum Gasteiger partial charge on any atom is 0.448 e. The van der Waals surface area contributed by atoms with Crippen molar-refractivity contribution in [3.05, 3.63) is 23.8 Å². The smallest absolute Gasteiger partial charge is 0.448 e. The monoisotopic (exact) mass is 461 g/mol. The first-order valence-electron chi connectivity index (χ1n) is 10.3. The molecule has 2 aliphatic heterocycles. The second-order valence-electron chi connectivity index (χ2n) is 7.21. The number of urea groups is 1. The summed E-state index contributed by atoms with van der Waals surface area (Å²) in [4.78, 5) is 28.0. The molecule has 1 aromatic rings. The highest BCUT2D eigenvalue weighted by Crippen LogP contribution is 2.34. The number of halogens is 3. The molecular weight excluding hydrogens is 435 g/mol. The van der Waals surface area contributed by atoms with Crippen LogP contribution >= 0.6 is 0 Å². The third kappa shape index (κ3) is 5.01. The lowest BCUT2D eigenvalue weighted by Crippen LogP contribution is -2.68. The zero-order valence-corrected chi connectivity index (χ0v) is 17.9. The van der Waals surface area contributed by atoms with Crippen molar-refractivity contribution in [1.82, 2.24) is 15.1 Å². The molecular formula is C20H26F3N3O6. The lowest BCUT2D eigenvalue weighted by Gasteiger charge is -2.38. The van der Waals surface area contributed by atoms with Gasteiger partial charge >= 0.3 is 23.9 Å². The molecule has 0 aromatic heterocycles. The molecule has 0 aliphatic carbocycles. The SMILES string of the molecule is CCOC(=O)[C@@](NC(=O)N1CCN(Cc2ccc3c(c2)OCO3)CC1)(OCC)C(F)(F)F. The summed E-state index contributed by atoms with van der Waals surface area (Å²) in [5, 5.41) is 1.73. The highest BCUT2D eigenvalue weighted by atomic mass is 19.4. The van der Waals surface area contributed by atoms with E-state index in [0.717, 1.165) is 5.56 Å². The van der Waals surface area contributed by atoms with E-state index >= 15 is 0 Å². The maximum absolute atomic E-state index is 13.8. The first kappa shape index (κ1) is 23.9. The largest absolute Gasteiger partial charge is 0.462 e. The molecule has 178 valence electrons. The van der Waals surface area contributed by atoms with Crippen molar-refractivity contribution in [3.8, 4) is 11.5 Å². The number of ether oxygens (including phenoxy) is 4. The van der Waals surface area contributed by atoms with Gasteiger partial charge in [0.2, 0.25) is 6.79 Å². The second kappa shape index (κ2) is 9.82. The van der Waals surface area contributed by atoms with Gasteiger partial charge in [-0.05, 0) is 31.5 Å². The fraction of sp³-hybridized carbons (Fsp3) is 0.600. The summed E-state index contributed by atoms with van der Waals surface area (Å²) in [7, 11) is 0. The summed E-state index contributed by atoms with van der Waals surface area (Å²) in [6.07, 6.45) is -5.20. The first-order chi connectivity index (χ1) is 15.2. The van der Waals surface area contributed by atoms with E-state index in [1.807, 2.05) is 18.2 Å². The van der Waals surface area contributed by atoms with Gasteiger partial charge in [0.25, 0.3) is 0 Å². The number of alkyl halides is 3. The van der Waals surface area contributed by atoms with Crippen molar-refractivity contribution < 1.29 is 41.7 Å². The fourth-order valence-corrected chi connectivity index (χ4v) is 3.50. The normalized spacial score (nSPS) is 18.2. The minimum atomic E-state index is -5.20. The Morgan fingerprint density at radius 3 is 2.38 bits per heavy atom. The first-order valence-corrected chi connectivity index (χ1v) is 10.3. The average molecular weight is 461 g/mol. The van der Waals surface area contributed by atoms with Gasteiger partial charge in [0.05, 0.1) is 6.61 Å². The van der Waals surface area contributed by atoms with E-state index in [9.17, 15) is 22.8 Å². The van der Waals surface area contributed by atoms with E-state index in [-0.39, 0.29) is 26.5 Å². The van der Waals surface area contributed by atoms with Gasteiger partial charge in [0.1, 0.15) is 0 Å². The Balaban J connectivity index is 1.61. The Morgan fingerprint density at radius 2 is 1.75 bits per heavy atom. The average Bonchev–Trinajstić information content (AvgIpc) is 3.21. The molecule has 1 atom stereocenters. The highest BCUT2D eigenvalue weighted by molar-refractivity contribution is 5.87. The molecule has 3 rings (SSSR count). The van der Waals surface area contributed by atoms with E-state index in [4.69, 9.17) is 14.2 Å². The van der Waals surface area contributed by atoms with Gasteiger partial charge in [0, 0.05) is 39.3 Å². The molecule has 0 spiro atoms. The van der Waals surface area contributed by atoms with Crippen LogP contribution in [0.25, 0.3) is 0 Å². The molecule has 0 unspecified atom stereocenters. The Bertz CT molecular complexity index is 829. The molecule has 1 N–H and O–H groups in total. The molecule has 12 heteroatoms. The Morgan fingerprint density at radius 1 is 1.06 bits per heavy atom. The van der Waals surface area contributed by atoms with Gasteiger partial charge in [-0.25, -0.2) is 9.59 Å². The van der Waals surface area contributed by atoms with E-state index in [1.54, 1.807) is 5.32 Å². The number of hydrogen-bond acceptors (Lipinski definition) is 7. The van der Waals surface area contributed by atoms with Crippen LogP contribution in [0.2, 0.25) is 0 Å². The van der Waals surface area contributed by atoms with Crippen molar-refractivity contribution in [2.24, 2.45) is 0 Å². The van der Waals surface area contributed by atoms with Gasteiger partial charge in [-0.15, -0.1) is 0 Å². The molecule has 2 aliphatic rings. The van der Waals surface area contributed by atoms with Gasteiger partial charge in [-0.1, -0.05) is 6.07 Å². The lowest BCUT2D eigenvalue weighted by molar-refractivity contribution is -0.283. The number of esters is 1. The molecule has 0 bridgehead atoms. The number of rotatable bonds is 7. The Labute approximate surface area is 183 Å². The Hall–Kier alpha value is -2.73. The molecule has 9 nitrogen and oxygen atoms in total. The molecule has 1 saturated heterocycles. The number of fused-ring (bicyclic) bond motifs is 1. The number of piperazine rings is 1. The van der Waals surface area contributed by atoms with Crippen LogP contribution in [0, 0.1) is 0 Å². The molecule has 1 aromatic carbocycles. The van der Waals surface area contributed by atoms with Gasteiger partial charge in [-0.2, -0.15) is 13.2 Å². The number of benzene rings is 1. The fourth-order valence-electron chi connectivity index (χ4n) is 3.50. The lowest BCUT2D eigenvalue weighted by atomic mass is 10.1. The molecule has 1 fully saturated rings. The van der Waals surface area contributed by atoms with E-state index in [2.05, 4.69) is 9.64 Å². The zero-order valence-electron chi connectivity index (χ0n) is 17.9. The second-order valence-corrected chi connectivity index (χ2v) is 7.21. The Kier molecular flexibility index (Phi) is 7.34. The minimum Gasteiger partial charge on any atom is -0.462 e. The quantitative estimate of drug-likeness (QED) is 0.491. The van der Waals surface area contributed by atoms with E-state index < -0.39 is 30.5 Å².